The molecule has 1 N–H and O–H groups in total. The van der Waals surface area contributed by atoms with Gasteiger partial charge in [0.05, 0.1) is 5.60 Å². The minimum absolute atomic E-state index is 0.170. The molecule has 1 saturated heterocycles. The Bertz CT molecular complexity index is 569. The predicted octanol–water partition coefficient (Wildman–Crippen LogP) is 8.05. The molecule has 232 valence electrons. The molecule has 1 aliphatic heterocycles. The van der Waals surface area contributed by atoms with E-state index in [0.717, 1.165) is 58.6 Å². The van der Waals surface area contributed by atoms with Gasteiger partial charge in [0.15, 0.2) is 0 Å². The zero-order valence-electron chi connectivity index (χ0n) is 27.2. The minimum Gasteiger partial charge on any atom is -0.396 e. The zero-order valence-corrected chi connectivity index (χ0v) is 27.2. The number of unbranched alkanes of at least 4 members (excludes halogenated alkanes) is 12. The molecule has 0 radical (unpaired) electrons. The third-order valence-corrected chi connectivity index (χ3v) is 7.78. The minimum atomic E-state index is -0.170. The van der Waals surface area contributed by atoms with Crippen LogP contribution in [-0.4, -0.2) is 79.3 Å². The van der Waals surface area contributed by atoms with Crippen LogP contribution in [0.1, 0.15) is 137 Å². The SMILES string of the molecule is CC(C)C(=O)CCN1CCN(C)CC1.CCCCCCCC/C=C\CCCCCCCCOC(C)(C)CCO. The summed E-state index contributed by atoms with van der Waals surface area (Å²) >= 11 is 0. The van der Waals surface area contributed by atoms with Crippen molar-refractivity contribution < 1.29 is 14.6 Å². The van der Waals surface area contributed by atoms with Crippen molar-refractivity contribution in [3.05, 3.63) is 12.2 Å². The van der Waals surface area contributed by atoms with Crippen molar-refractivity contribution in [2.75, 3.05) is 53.0 Å². The lowest BCUT2D eigenvalue weighted by Crippen LogP contribution is -2.45. The van der Waals surface area contributed by atoms with Crippen LogP contribution < -0.4 is 0 Å². The molecule has 0 amide bonds. The highest BCUT2D eigenvalue weighted by Crippen LogP contribution is 2.15. The summed E-state index contributed by atoms with van der Waals surface area (Å²) in [6, 6.07) is 0. The average Bonchev–Trinajstić information content (AvgIpc) is 2.90. The van der Waals surface area contributed by atoms with Gasteiger partial charge in [0.2, 0.25) is 0 Å². The smallest absolute Gasteiger partial charge is 0.136 e. The van der Waals surface area contributed by atoms with E-state index in [1.807, 2.05) is 13.8 Å². The lowest BCUT2D eigenvalue weighted by molar-refractivity contribution is -0.122. The van der Waals surface area contributed by atoms with Gasteiger partial charge in [0.25, 0.3) is 0 Å². The summed E-state index contributed by atoms with van der Waals surface area (Å²) in [7, 11) is 2.15. The van der Waals surface area contributed by atoms with Crippen molar-refractivity contribution in [3.63, 3.8) is 0 Å². The number of nitrogens with zero attached hydrogens (tertiary/aromatic N) is 2. The van der Waals surface area contributed by atoms with E-state index in [2.05, 4.69) is 49.8 Å². The highest BCUT2D eigenvalue weighted by Gasteiger charge is 2.17. The van der Waals surface area contributed by atoms with Crippen LogP contribution in [0.3, 0.4) is 0 Å². The van der Waals surface area contributed by atoms with E-state index in [9.17, 15) is 4.79 Å². The molecule has 0 aliphatic carbocycles. The number of likely N-dealkylation sites (N-methyl/N-ethyl adjacent to an activating group) is 1. The first-order valence-corrected chi connectivity index (χ1v) is 16.5. The van der Waals surface area contributed by atoms with Crippen LogP contribution in [-0.2, 0) is 9.53 Å². The van der Waals surface area contributed by atoms with Gasteiger partial charge in [-0.1, -0.05) is 90.7 Å². The molecule has 0 aromatic heterocycles. The Balaban J connectivity index is 0.000000864. The molecule has 0 saturated carbocycles. The monoisotopic (exact) mass is 553 g/mol. The second kappa shape index (κ2) is 26.2. The molecule has 0 aromatic rings. The van der Waals surface area contributed by atoms with E-state index in [0.29, 0.717) is 5.78 Å². The molecule has 39 heavy (non-hydrogen) atoms. The van der Waals surface area contributed by atoms with Crippen molar-refractivity contribution >= 4 is 5.78 Å². The van der Waals surface area contributed by atoms with Crippen LogP contribution in [0.2, 0.25) is 0 Å². The summed E-state index contributed by atoms with van der Waals surface area (Å²) < 4.78 is 5.82. The summed E-state index contributed by atoms with van der Waals surface area (Å²) in [5, 5.41) is 8.96. The number of Topliss-reactive ketones (excluding diaryl/α,β-unsaturated/α-hetero) is 1. The lowest BCUT2D eigenvalue weighted by atomic mass is 10.1. The fourth-order valence-corrected chi connectivity index (χ4v) is 4.67. The fourth-order valence-electron chi connectivity index (χ4n) is 4.67. The van der Waals surface area contributed by atoms with Crippen molar-refractivity contribution in [3.8, 4) is 0 Å². The van der Waals surface area contributed by atoms with Crippen molar-refractivity contribution in [1.29, 1.82) is 0 Å². The summed E-state index contributed by atoms with van der Waals surface area (Å²) in [5.74, 6) is 0.589. The van der Waals surface area contributed by atoms with Gasteiger partial charge in [-0.05, 0) is 59.4 Å². The van der Waals surface area contributed by atoms with E-state index in [1.165, 1.54) is 83.5 Å². The Labute approximate surface area is 244 Å². The highest BCUT2D eigenvalue weighted by atomic mass is 16.5. The first-order chi connectivity index (χ1) is 18.7. The first-order valence-electron chi connectivity index (χ1n) is 16.5. The summed E-state index contributed by atoms with van der Waals surface area (Å²) in [4.78, 5) is 16.1. The van der Waals surface area contributed by atoms with Crippen LogP contribution in [0.5, 0.6) is 0 Å². The molecule has 5 heteroatoms. The Kier molecular flexibility index (Phi) is 25.7. The first kappa shape index (κ1) is 38.2. The Hall–Kier alpha value is -0.750. The largest absolute Gasteiger partial charge is 0.396 e. The number of allylic oxidation sites excluding steroid dienone is 2. The highest BCUT2D eigenvalue weighted by molar-refractivity contribution is 5.80. The molecule has 1 rings (SSSR count). The number of hydrogen-bond acceptors (Lipinski definition) is 5. The van der Waals surface area contributed by atoms with Crippen molar-refractivity contribution in [2.45, 2.75) is 143 Å². The summed E-state index contributed by atoms with van der Waals surface area (Å²) in [6.45, 7) is 16.8. The predicted molar refractivity (Wildman–Crippen MR) is 170 cm³/mol. The van der Waals surface area contributed by atoms with Gasteiger partial charge >= 0.3 is 0 Å². The zero-order chi connectivity index (χ0) is 29.2. The normalized spacial score (nSPS) is 15.2. The van der Waals surface area contributed by atoms with Gasteiger partial charge in [-0.2, -0.15) is 0 Å². The number of rotatable bonds is 23. The third kappa shape index (κ3) is 25.9. The van der Waals surface area contributed by atoms with Gasteiger partial charge in [-0.3, -0.25) is 4.79 Å². The van der Waals surface area contributed by atoms with Crippen molar-refractivity contribution in [2.24, 2.45) is 5.92 Å². The molecular formula is C34H68N2O3. The third-order valence-electron chi connectivity index (χ3n) is 7.78. The van der Waals surface area contributed by atoms with Gasteiger partial charge in [0, 0.05) is 58.3 Å². The van der Waals surface area contributed by atoms with Crippen LogP contribution in [0.15, 0.2) is 12.2 Å². The van der Waals surface area contributed by atoms with Crippen molar-refractivity contribution in [1.82, 2.24) is 9.80 Å². The topological polar surface area (TPSA) is 53.0 Å². The molecule has 0 aromatic carbocycles. The molecule has 5 nitrogen and oxygen atoms in total. The summed E-state index contributed by atoms with van der Waals surface area (Å²) in [5.41, 5.74) is -0.170. The van der Waals surface area contributed by atoms with E-state index < -0.39 is 0 Å². The van der Waals surface area contributed by atoms with Crippen LogP contribution in [0.25, 0.3) is 0 Å². The number of hydrogen-bond donors (Lipinski definition) is 1. The van der Waals surface area contributed by atoms with E-state index in [1.54, 1.807) is 0 Å². The molecular weight excluding hydrogens is 484 g/mol. The molecule has 0 bridgehead atoms. The molecule has 1 fully saturated rings. The van der Waals surface area contributed by atoms with Gasteiger partial charge in [-0.25, -0.2) is 0 Å². The molecule has 1 aliphatic rings. The molecule has 0 atom stereocenters. The number of ether oxygens (including phenoxy) is 1. The average molecular weight is 553 g/mol. The Morgan fingerprint density at radius 2 is 1.36 bits per heavy atom. The number of carbonyl (C=O) groups excluding carboxylic acids is 1. The van der Waals surface area contributed by atoms with Crippen LogP contribution in [0.4, 0.5) is 0 Å². The Morgan fingerprint density at radius 1 is 0.846 bits per heavy atom. The van der Waals surface area contributed by atoms with E-state index in [-0.39, 0.29) is 18.1 Å². The Morgan fingerprint density at radius 3 is 1.87 bits per heavy atom. The lowest BCUT2D eigenvalue weighted by Gasteiger charge is -2.32. The van der Waals surface area contributed by atoms with E-state index >= 15 is 0 Å². The molecule has 1 heterocycles. The number of carbonyl (C=O) groups is 1. The van der Waals surface area contributed by atoms with Crippen LogP contribution in [0, 0.1) is 5.92 Å². The van der Waals surface area contributed by atoms with Gasteiger partial charge < -0.3 is 19.6 Å². The molecule has 0 unspecified atom stereocenters. The summed E-state index contributed by atoms with van der Waals surface area (Å²) in [6.07, 6.45) is 24.9. The van der Waals surface area contributed by atoms with E-state index in [4.69, 9.17) is 9.84 Å². The van der Waals surface area contributed by atoms with Gasteiger partial charge in [0.1, 0.15) is 5.78 Å². The number of aliphatic hydroxyl groups excluding tert-OH is 1. The number of aliphatic hydroxyl groups is 1. The van der Waals surface area contributed by atoms with Gasteiger partial charge in [-0.15, -0.1) is 0 Å². The maximum absolute atomic E-state index is 11.4. The second-order valence-corrected chi connectivity index (χ2v) is 12.5. The fraction of sp³-hybridized carbons (Fsp3) is 0.912. The molecule has 0 spiro atoms. The number of piperazine rings is 1. The quantitative estimate of drug-likeness (QED) is 0.103. The maximum atomic E-state index is 11.4. The number of ketones is 1. The second-order valence-electron chi connectivity index (χ2n) is 12.5. The van der Waals surface area contributed by atoms with Crippen LogP contribution >= 0.6 is 0 Å². The standard InChI is InChI=1S/C23H46O2.C11H22N2O/c1-4-5-6-7-8-9-10-11-12-13-14-15-16-17-18-19-22-25-23(2,3)20-21-24;1-10(2)11(14)4-5-13-8-6-12(3)7-9-13/h11-12,24H,4-10,13-22H2,1-3H3;10H,4-9H2,1-3H3/b12-11-;. The maximum Gasteiger partial charge on any atom is 0.136 e.